The Morgan fingerprint density at radius 1 is 0.900 bits per heavy atom. The molecule has 0 bridgehead atoms. The average molecular weight is 326 g/mol. The Bertz CT molecular complexity index is 635. The minimum atomic E-state index is -3.30. The Morgan fingerprint density at radius 3 is 1.90 bits per heavy atom. The minimum Gasteiger partial charge on any atom is -0.302 e. The van der Waals surface area contributed by atoms with Crippen LogP contribution in [0.15, 0.2) is 54.6 Å². The third kappa shape index (κ3) is 4.14. The summed E-state index contributed by atoms with van der Waals surface area (Å²) in [6, 6.07) is 17.6. The summed E-state index contributed by atoms with van der Waals surface area (Å²) in [5.74, 6) is -3.30. The second-order valence-electron chi connectivity index (χ2n) is 4.29. The Hall–Kier alpha value is -1.21. The van der Waals surface area contributed by atoms with E-state index in [0.29, 0.717) is 0 Å². The van der Waals surface area contributed by atoms with Crippen molar-refractivity contribution in [3.8, 4) is 0 Å². The molecule has 0 fully saturated rings. The van der Waals surface area contributed by atoms with Crippen LogP contribution < -0.4 is 4.67 Å². The molecule has 20 heavy (non-hydrogen) atoms. The Labute approximate surface area is 128 Å². The fraction of sp³-hybridized carbons (Fsp3) is 0.0667. The van der Waals surface area contributed by atoms with Gasteiger partial charge in [0.05, 0.1) is 0 Å². The van der Waals surface area contributed by atoms with E-state index in [0.717, 1.165) is 16.8 Å². The summed E-state index contributed by atoms with van der Waals surface area (Å²) >= 11 is 11.3. The molecule has 2 aromatic rings. The highest BCUT2D eigenvalue weighted by Crippen LogP contribution is 2.60. The molecule has 0 aromatic heterocycles. The van der Waals surface area contributed by atoms with Crippen molar-refractivity contribution in [2.75, 3.05) is 11.7 Å². The fourth-order valence-corrected chi connectivity index (χ4v) is 2.62. The van der Waals surface area contributed by atoms with Gasteiger partial charge in [-0.1, -0.05) is 54.6 Å². The SMILES string of the molecule is CN(c1ccc(/C=C\c2ccccc2)cc1)P(=O)(Cl)Cl. The number of benzene rings is 2. The molecule has 2 nitrogen and oxygen atoms in total. The largest absolute Gasteiger partial charge is 0.345 e. The van der Waals surface area contributed by atoms with E-state index in [1.807, 2.05) is 66.7 Å². The van der Waals surface area contributed by atoms with Gasteiger partial charge >= 0.3 is 6.00 Å². The Kier molecular flexibility index (Phi) is 4.93. The molecule has 0 saturated heterocycles. The number of halogens is 2. The summed E-state index contributed by atoms with van der Waals surface area (Å²) in [6.45, 7) is 0. The molecular formula is C15H14Cl2NOP. The zero-order valence-corrected chi connectivity index (χ0v) is 13.3. The highest BCUT2D eigenvalue weighted by atomic mass is 35.9. The van der Waals surface area contributed by atoms with Crippen molar-refractivity contribution in [3.63, 3.8) is 0 Å². The van der Waals surface area contributed by atoms with E-state index in [1.165, 1.54) is 4.67 Å². The molecule has 0 aliphatic rings. The standard InChI is InChI=1S/C15H14Cl2NOP/c1-18(20(16,17)19)15-11-9-14(10-12-15)8-7-13-5-3-2-4-6-13/h2-12H,1H3/b8-7-. The van der Waals surface area contributed by atoms with Crippen molar-refractivity contribution < 1.29 is 4.57 Å². The molecule has 2 aromatic carbocycles. The van der Waals surface area contributed by atoms with Crippen molar-refractivity contribution in [1.29, 1.82) is 0 Å². The third-order valence-corrected chi connectivity index (χ3v) is 5.17. The minimum absolute atomic E-state index is 0.718. The van der Waals surface area contributed by atoms with Crippen molar-refractivity contribution >= 4 is 46.3 Å². The lowest BCUT2D eigenvalue weighted by Gasteiger charge is -2.19. The molecule has 0 heterocycles. The summed E-state index contributed by atoms with van der Waals surface area (Å²) in [5.41, 5.74) is 2.90. The molecule has 0 aliphatic heterocycles. The normalized spacial score (nSPS) is 11.8. The molecule has 0 saturated carbocycles. The van der Waals surface area contributed by atoms with Gasteiger partial charge in [-0.2, -0.15) is 0 Å². The summed E-state index contributed by atoms with van der Waals surface area (Å²) in [7, 11) is 1.61. The van der Waals surface area contributed by atoms with Crippen LogP contribution in [-0.4, -0.2) is 7.05 Å². The van der Waals surface area contributed by atoms with Gasteiger partial charge in [-0.15, -0.1) is 0 Å². The molecular weight excluding hydrogens is 312 g/mol. The first-order valence-electron chi connectivity index (χ1n) is 6.03. The molecule has 2 rings (SSSR count). The van der Waals surface area contributed by atoms with Gasteiger partial charge in [-0.25, -0.2) is 0 Å². The zero-order valence-electron chi connectivity index (χ0n) is 10.9. The molecule has 0 radical (unpaired) electrons. The van der Waals surface area contributed by atoms with Gasteiger partial charge in [0.15, 0.2) is 0 Å². The van der Waals surface area contributed by atoms with Gasteiger partial charge in [0.1, 0.15) is 0 Å². The zero-order chi connectivity index (χ0) is 14.6. The quantitative estimate of drug-likeness (QED) is 0.516. The van der Waals surface area contributed by atoms with Gasteiger partial charge in [0, 0.05) is 12.7 Å². The number of hydrogen-bond donors (Lipinski definition) is 0. The van der Waals surface area contributed by atoms with Gasteiger partial charge in [-0.3, -0.25) is 4.57 Å². The molecule has 0 aliphatic carbocycles. The summed E-state index contributed by atoms with van der Waals surface area (Å²) in [6.07, 6.45) is 4.05. The van der Waals surface area contributed by atoms with E-state index >= 15 is 0 Å². The monoisotopic (exact) mass is 325 g/mol. The van der Waals surface area contributed by atoms with E-state index in [4.69, 9.17) is 22.5 Å². The van der Waals surface area contributed by atoms with Gasteiger partial charge < -0.3 is 4.67 Å². The highest BCUT2D eigenvalue weighted by molar-refractivity contribution is 8.09. The van der Waals surface area contributed by atoms with Crippen molar-refractivity contribution in [3.05, 3.63) is 65.7 Å². The van der Waals surface area contributed by atoms with E-state index in [2.05, 4.69) is 0 Å². The van der Waals surface area contributed by atoms with Crippen molar-refractivity contribution in [2.45, 2.75) is 0 Å². The highest BCUT2D eigenvalue weighted by Gasteiger charge is 2.21. The molecule has 0 N–H and O–H groups in total. The molecule has 5 heteroatoms. The second kappa shape index (κ2) is 6.49. The molecule has 0 atom stereocenters. The lowest BCUT2D eigenvalue weighted by molar-refractivity contribution is 0.591. The van der Waals surface area contributed by atoms with Gasteiger partial charge in [-0.05, 0) is 45.7 Å². The van der Waals surface area contributed by atoms with Crippen LogP contribution in [0.4, 0.5) is 5.69 Å². The number of anilines is 1. The fourth-order valence-electron chi connectivity index (χ4n) is 1.69. The van der Waals surface area contributed by atoms with Crippen LogP contribution in [-0.2, 0) is 4.57 Å². The van der Waals surface area contributed by atoms with Gasteiger partial charge in [0.25, 0.3) is 0 Å². The predicted octanol–water partition coefficient (Wildman–Crippen LogP) is 5.88. The molecule has 0 unspecified atom stereocenters. The average Bonchev–Trinajstić information content (AvgIpc) is 2.45. The maximum absolute atomic E-state index is 11.6. The third-order valence-electron chi connectivity index (χ3n) is 2.88. The summed E-state index contributed by atoms with van der Waals surface area (Å²) in [4.78, 5) is 0. The first-order chi connectivity index (χ1) is 9.47. The summed E-state index contributed by atoms with van der Waals surface area (Å²) in [5, 5.41) is 0. The van der Waals surface area contributed by atoms with Gasteiger partial charge in [0.2, 0.25) is 0 Å². The topological polar surface area (TPSA) is 20.3 Å². The Morgan fingerprint density at radius 2 is 1.40 bits per heavy atom. The molecule has 104 valence electrons. The first kappa shape index (κ1) is 15.2. The maximum Gasteiger partial charge on any atom is 0.345 e. The first-order valence-corrected chi connectivity index (χ1v) is 9.50. The number of hydrogen-bond acceptors (Lipinski definition) is 1. The van der Waals surface area contributed by atoms with E-state index in [9.17, 15) is 4.57 Å². The van der Waals surface area contributed by atoms with Crippen LogP contribution in [0.2, 0.25) is 0 Å². The lowest BCUT2D eigenvalue weighted by atomic mass is 10.1. The van der Waals surface area contributed by atoms with E-state index in [-0.39, 0.29) is 0 Å². The van der Waals surface area contributed by atoms with Crippen molar-refractivity contribution in [1.82, 2.24) is 0 Å². The van der Waals surface area contributed by atoms with E-state index < -0.39 is 6.00 Å². The van der Waals surface area contributed by atoms with Crippen LogP contribution in [0.5, 0.6) is 0 Å². The lowest BCUT2D eigenvalue weighted by Crippen LogP contribution is -2.06. The van der Waals surface area contributed by atoms with Crippen LogP contribution in [0.25, 0.3) is 12.2 Å². The second-order valence-corrected chi connectivity index (χ2v) is 9.03. The molecule has 0 amide bonds. The van der Waals surface area contributed by atoms with E-state index in [1.54, 1.807) is 7.05 Å². The molecule has 0 spiro atoms. The maximum atomic E-state index is 11.6. The van der Waals surface area contributed by atoms with Crippen LogP contribution in [0.3, 0.4) is 0 Å². The van der Waals surface area contributed by atoms with Crippen LogP contribution in [0.1, 0.15) is 11.1 Å². The van der Waals surface area contributed by atoms with Crippen LogP contribution in [0, 0.1) is 0 Å². The Balaban J connectivity index is 2.13. The predicted molar refractivity (Wildman–Crippen MR) is 89.5 cm³/mol. The summed E-state index contributed by atoms with van der Waals surface area (Å²) < 4.78 is 12.9. The van der Waals surface area contributed by atoms with Crippen molar-refractivity contribution in [2.24, 2.45) is 0 Å². The smallest absolute Gasteiger partial charge is 0.302 e. The number of rotatable bonds is 4. The van der Waals surface area contributed by atoms with Crippen LogP contribution >= 0.6 is 28.5 Å². The number of nitrogens with zero attached hydrogens (tertiary/aromatic N) is 1.